The van der Waals surface area contributed by atoms with E-state index in [9.17, 15) is 18.0 Å². The van der Waals surface area contributed by atoms with Crippen molar-refractivity contribution in [1.82, 2.24) is 5.32 Å². The van der Waals surface area contributed by atoms with E-state index in [-0.39, 0.29) is 18.1 Å². The number of carbonyl (C=O) groups is 2. The van der Waals surface area contributed by atoms with E-state index in [1.54, 1.807) is 6.07 Å². The van der Waals surface area contributed by atoms with Crippen LogP contribution in [0.1, 0.15) is 24.5 Å². The van der Waals surface area contributed by atoms with Crippen LogP contribution in [0.2, 0.25) is 0 Å². The van der Waals surface area contributed by atoms with Crippen LogP contribution in [0, 0.1) is 13.8 Å². The van der Waals surface area contributed by atoms with Gasteiger partial charge in [-0.15, -0.1) is 0 Å². The van der Waals surface area contributed by atoms with Gasteiger partial charge in [-0.2, -0.15) is 0 Å². The van der Waals surface area contributed by atoms with Crippen LogP contribution < -0.4 is 10.6 Å². The van der Waals surface area contributed by atoms with Crippen LogP contribution in [-0.4, -0.2) is 38.3 Å². The van der Waals surface area contributed by atoms with Gasteiger partial charge in [0.1, 0.15) is 15.9 Å². The molecule has 0 fully saturated rings. The van der Waals surface area contributed by atoms with E-state index in [1.165, 1.54) is 6.92 Å². The molecule has 22 heavy (non-hydrogen) atoms. The zero-order valence-corrected chi connectivity index (χ0v) is 14.1. The molecule has 0 aliphatic heterocycles. The predicted molar refractivity (Wildman–Crippen MR) is 86.5 cm³/mol. The number of hydrogen-bond acceptors (Lipinski definition) is 4. The lowest BCUT2D eigenvalue weighted by Gasteiger charge is -2.17. The number of amides is 2. The quantitative estimate of drug-likeness (QED) is 0.821. The van der Waals surface area contributed by atoms with Gasteiger partial charge in [0.15, 0.2) is 0 Å². The van der Waals surface area contributed by atoms with Crippen molar-refractivity contribution >= 4 is 27.3 Å². The Balaban J connectivity index is 2.81. The van der Waals surface area contributed by atoms with Gasteiger partial charge in [-0.05, 0) is 43.5 Å². The second-order valence-electron chi connectivity index (χ2n) is 5.46. The Morgan fingerprint density at radius 1 is 1.18 bits per heavy atom. The first kappa shape index (κ1) is 18.2. The van der Waals surface area contributed by atoms with Crippen LogP contribution in [0.25, 0.3) is 0 Å². The fourth-order valence-corrected chi connectivity index (χ4v) is 2.56. The summed E-state index contributed by atoms with van der Waals surface area (Å²) in [7, 11) is -3.20. The Morgan fingerprint density at radius 2 is 1.82 bits per heavy atom. The highest BCUT2D eigenvalue weighted by Gasteiger charge is 2.21. The summed E-state index contributed by atoms with van der Waals surface area (Å²) in [6.45, 7) is 5.18. The van der Waals surface area contributed by atoms with Crippen molar-refractivity contribution < 1.29 is 18.0 Å². The highest BCUT2D eigenvalue weighted by atomic mass is 32.2. The van der Waals surface area contributed by atoms with Gasteiger partial charge in [0.25, 0.3) is 0 Å². The summed E-state index contributed by atoms with van der Waals surface area (Å²) in [6, 6.07) is 4.60. The molecule has 0 spiro atoms. The van der Waals surface area contributed by atoms with Gasteiger partial charge in [0.05, 0.1) is 5.75 Å². The molecule has 0 heterocycles. The molecular weight excluding hydrogens is 304 g/mol. The largest absolute Gasteiger partial charge is 0.345 e. The van der Waals surface area contributed by atoms with Gasteiger partial charge < -0.3 is 10.6 Å². The Bertz CT molecular complexity index is 668. The fraction of sp³-hybridized carbons (Fsp3) is 0.467. The first-order valence-electron chi connectivity index (χ1n) is 6.91. The molecule has 1 rings (SSSR count). The van der Waals surface area contributed by atoms with Gasteiger partial charge in [-0.3, -0.25) is 9.59 Å². The molecule has 0 radical (unpaired) electrons. The SMILES string of the molecule is CC(=O)NC(CCS(C)(=O)=O)C(=O)Nc1ccc(C)c(C)c1. The van der Waals surface area contributed by atoms with Crippen LogP contribution in [0.5, 0.6) is 0 Å². The summed E-state index contributed by atoms with van der Waals surface area (Å²) in [5.41, 5.74) is 2.75. The van der Waals surface area contributed by atoms with E-state index in [0.29, 0.717) is 5.69 Å². The van der Waals surface area contributed by atoms with Gasteiger partial charge in [0, 0.05) is 18.9 Å². The maximum absolute atomic E-state index is 12.2. The van der Waals surface area contributed by atoms with Crippen LogP contribution in [-0.2, 0) is 19.4 Å². The Hall–Kier alpha value is -1.89. The third-order valence-electron chi connectivity index (χ3n) is 3.25. The van der Waals surface area contributed by atoms with Crippen molar-refractivity contribution in [3.8, 4) is 0 Å². The van der Waals surface area contributed by atoms with Crippen LogP contribution in [0.15, 0.2) is 18.2 Å². The molecular formula is C15H22N2O4S. The molecule has 0 saturated carbocycles. The first-order chi connectivity index (χ1) is 10.1. The average Bonchev–Trinajstić information content (AvgIpc) is 2.37. The molecule has 0 aliphatic carbocycles. The standard InChI is InChI=1S/C15H22N2O4S/c1-10-5-6-13(9-11(10)2)17-15(19)14(16-12(3)18)7-8-22(4,20)21/h5-6,9,14H,7-8H2,1-4H3,(H,16,18)(H,17,19). The number of anilines is 1. The summed E-state index contributed by atoms with van der Waals surface area (Å²) < 4.78 is 22.5. The van der Waals surface area contributed by atoms with E-state index < -0.39 is 21.8 Å². The highest BCUT2D eigenvalue weighted by molar-refractivity contribution is 7.90. The van der Waals surface area contributed by atoms with E-state index in [4.69, 9.17) is 0 Å². The van der Waals surface area contributed by atoms with Crippen molar-refractivity contribution in [2.24, 2.45) is 0 Å². The van der Waals surface area contributed by atoms with E-state index in [0.717, 1.165) is 17.4 Å². The molecule has 0 saturated heterocycles. The summed E-state index contributed by atoms with van der Waals surface area (Å²) in [5.74, 6) is -0.978. The lowest BCUT2D eigenvalue weighted by atomic mass is 10.1. The average molecular weight is 326 g/mol. The number of sulfone groups is 1. The van der Waals surface area contributed by atoms with Crippen molar-refractivity contribution in [1.29, 1.82) is 0 Å². The summed E-state index contributed by atoms with van der Waals surface area (Å²) in [5, 5.41) is 5.19. The van der Waals surface area contributed by atoms with E-state index >= 15 is 0 Å². The lowest BCUT2D eigenvalue weighted by molar-refractivity contribution is -0.125. The molecule has 2 N–H and O–H groups in total. The molecule has 0 aromatic heterocycles. The van der Waals surface area contributed by atoms with Gasteiger partial charge in [-0.25, -0.2) is 8.42 Å². The smallest absolute Gasteiger partial charge is 0.246 e. The van der Waals surface area contributed by atoms with E-state index in [1.807, 2.05) is 26.0 Å². The molecule has 1 atom stereocenters. The number of benzene rings is 1. The number of nitrogens with one attached hydrogen (secondary N) is 2. The van der Waals surface area contributed by atoms with Gasteiger partial charge >= 0.3 is 0 Å². The third kappa shape index (κ3) is 6.26. The molecule has 6 nitrogen and oxygen atoms in total. The van der Waals surface area contributed by atoms with Crippen molar-refractivity contribution in [3.63, 3.8) is 0 Å². The predicted octanol–water partition coefficient (Wildman–Crippen LogP) is 1.18. The number of carbonyl (C=O) groups excluding carboxylic acids is 2. The second kappa shape index (κ2) is 7.40. The molecule has 1 aromatic carbocycles. The van der Waals surface area contributed by atoms with Crippen LogP contribution in [0.4, 0.5) is 5.69 Å². The minimum absolute atomic E-state index is 0.0368. The Kier molecular flexibility index (Phi) is 6.11. The second-order valence-corrected chi connectivity index (χ2v) is 7.72. The topological polar surface area (TPSA) is 92.3 Å². The zero-order valence-electron chi connectivity index (χ0n) is 13.3. The molecule has 122 valence electrons. The lowest BCUT2D eigenvalue weighted by Crippen LogP contribution is -2.43. The van der Waals surface area contributed by atoms with Gasteiger partial charge in [0.2, 0.25) is 11.8 Å². The molecule has 0 bridgehead atoms. The zero-order chi connectivity index (χ0) is 16.9. The van der Waals surface area contributed by atoms with Crippen molar-refractivity contribution in [3.05, 3.63) is 29.3 Å². The number of aryl methyl sites for hydroxylation is 2. The third-order valence-corrected chi connectivity index (χ3v) is 4.22. The van der Waals surface area contributed by atoms with E-state index in [2.05, 4.69) is 10.6 Å². The Labute approximate surface area is 131 Å². The molecule has 1 aromatic rings. The minimum atomic E-state index is -3.20. The molecule has 1 unspecified atom stereocenters. The molecule has 0 aliphatic rings. The maximum Gasteiger partial charge on any atom is 0.246 e. The van der Waals surface area contributed by atoms with Crippen molar-refractivity contribution in [2.45, 2.75) is 33.2 Å². The number of rotatable bonds is 6. The summed E-state index contributed by atoms with van der Waals surface area (Å²) in [4.78, 5) is 23.4. The monoisotopic (exact) mass is 326 g/mol. The minimum Gasteiger partial charge on any atom is -0.345 e. The highest BCUT2D eigenvalue weighted by Crippen LogP contribution is 2.14. The molecule has 7 heteroatoms. The summed E-state index contributed by atoms with van der Waals surface area (Å²) >= 11 is 0. The van der Waals surface area contributed by atoms with Crippen LogP contribution in [0.3, 0.4) is 0 Å². The number of hydrogen-bond donors (Lipinski definition) is 2. The van der Waals surface area contributed by atoms with Gasteiger partial charge in [-0.1, -0.05) is 6.07 Å². The molecule has 2 amide bonds. The van der Waals surface area contributed by atoms with Crippen molar-refractivity contribution in [2.75, 3.05) is 17.3 Å². The van der Waals surface area contributed by atoms with Crippen LogP contribution >= 0.6 is 0 Å². The first-order valence-corrected chi connectivity index (χ1v) is 8.97. The summed E-state index contributed by atoms with van der Waals surface area (Å²) in [6.07, 6.45) is 1.13. The fourth-order valence-electron chi connectivity index (χ4n) is 1.89. The normalized spacial score (nSPS) is 12.5. The Morgan fingerprint density at radius 3 is 2.32 bits per heavy atom. The maximum atomic E-state index is 12.2.